The highest BCUT2D eigenvalue weighted by Gasteiger charge is 2.54. The van der Waals surface area contributed by atoms with E-state index in [2.05, 4.69) is 188 Å². The van der Waals surface area contributed by atoms with Gasteiger partial charge in [0.05, 0.1) is 16.4 Å². The van der Waals surface area contributed by atoms with E-state index in [1.54, 1.807) is 0 Å². The predicted octanol–water partition coefficient (Wildman–Crippen LogP) is 12.7. The lowest BCUT2D eigenvalue weighted by atomic mass is 9.68. The first-order valence-electron chi connectivity index (χ1n) is 18.5. The monoisotopic (exact) mass is 672 g/mol. The minimum atomic E-state index is -0.482. The van der Waals surface area contributed by atoms with E-state index < -0.39 is 5.41 Å². The summed E-state index contributed by atoms with van der Waals surface area (Å²) >= 11 is 0. The number of imidazole rings is 1. The third-order valence-electron chi connectivity index (χ3n) is 12.2. The van der Waals surface area contributed by atoms with Gasteiger partial charge in [0.15, 0.2) is 0 Å². The number of hydrogen-bond donors (Lipinski definition) is 0. The molecule has 0 aliphatic heterocycles. The SMILES string of the molecule is Cn1c(-c2ccc(-c3cc4c(c5ccccc35)C3(c5ccccc5-c5ccccc53)c3c-4c4ccccc4c4ccccc34)cc2)nc2ccccc21. The zero-order valence-corrected chi connectivity index (χ0v) is 29.1. The number of para-hydroxylation sites is 2. The van der Waals surface area contributed by atoms with Crippen molar-refractivity contribution < 1.29 is 0 Å². The summed E-state index contributed by atoms with van der Waals surface area (Å²) in [7, 11) is 2.10. The largest absolute Gasteiger partial charge is 0.327 e. The van der Waals surface area contributed by atoms with Gasteiger partial charge >= 0.3 is 0 Å². The molecule has 10 aromatic rings. The van der Waals surface area contributed by atoms with Crippen LogP contribution in [0.4, 0.5) is 0 Å². The Labute approximate surface area is 307 Å². The van der Waals surface area contributed by atoms with Crippen LogP contribution >= 0.6 is 0 Å². The number of fused-ring (bicyclic) bond motifs is 18. The van der Waals surface area contributed by atoms with Crippen LogP contribution in [0.25, 0.3) is 88.1 Å². The van der Waals surface area contributed by atoms with Crippen molar-refractivity contribution in [3.63, 3.8) is 0 Å². The van der Waals surface area contributed by atoms with E-state index in [0.717, 1.165) is 22.4 Å². The zero-order valence-electron chi connectivity index (χ0n) is 29.1. The van der Waals surface area contributed by atoms with E-state index in [4.69, 9.17) is 4.98 Å². The van der Waals surface area contributed by atoms with Crippen LogP contribution < -0.4 is 0 Å². The van der Waals surface area contributed by atoms with Gasteiger partial charge in [-0.15, -0.1) is 0 Å². The molecule has 0 unspecified atom stereocenters. The van der Waals surface area contributed by atoms with Gasteiger partial charge in [0.1, 0.15) is 5.82 Å². The van der Waals surface area contributed by atoms with Crippen molar-refractivity contribution in [3.05, 3.63) is 198 Å². The summed E-state index contributed by atoms with van der Waals surface area (Å²) in [5, 5.41) is 7.80. The van der Waals surface area contributed by atoms with Crippen molar-refractivity contribution in [2.75, 3.05) is 0 Å². The van der Waals surface area contributed by atoms with Crippen molar-refractivity contribution in [2.24, 2.45) is 7.05 Å². The van der Waals surface area contributed by atoms with Crippen LogP contribution in [0.2, 0.25) is 0 Å². The van der Waals surface area contributed by atoms with E-state index in [0.29, 0.717) is 0 Å². The highest BCUT2D eigenvalue weighted by atomic mass is 15.1. The Hall–Kier alpha value is -6.77. The summed E-state index contributed by atoms with van der Waals surface area (Å²) in [5.74, 6) is 0.976. The second kappa shape index (κ2) is 10.4. The molecule has 9 aromatic carbocycles. The molecule has 0 amide bonds. The standard InChI is InChI=1S/C51H32N2/c1-53-46-25-13-12-24-45(46)52-50(53)32-28-26-31(27-29-32)41-30-42-47-38-19-5-2-14-33(38)34-15-3-7-21-40(34)49(47)51(48(42)39-20-6-4-16-35(39)41)43-22-10-8-17-36(43)37-18-9-11-23-44(37)51/h2-30H,1H3. The maximum Gasteiger partial charge on any atom is 0.140 e. The number of rotatable bonds is 2. The molecular weight excluding hydrogens is 641 g/mol. The van der Waals surface area contributed by atoms with Crippen LogP contribution in [0.5, 0.6) is 0 Å². The van der Waals surface area contributed by atoms with Crippen molar-refractivity contribution in [2.45, 2.75) is 5.41 Å². The molecular formula is C51H32N2. The molecule has 0 radical (unpaired) electrons. The van der Waals surface area contributed by atoms with E-state index >= 15 is 0 Å². The summed E-state index contributed by atoms with van der Waals surface area (Å²) < 4.78 is 2.19. The smallest absolute Gasteiger partial charge is 0.140 e. The van der Waals surface area contributed by atoms with E-state index in [1.165, 1.54) is 88.0 Å². The highest BCUT2D eigenvalue weighted by molar-refractivity contribution is 6.22. The van der Waals surface area contributed by atoms with Crippen molar-refractivity contribution in [1.82, 2.24) is 9.55 Å². The van der Waals surface area contributed by atoms with Gasteiger partial charge in [0.2, 0.25) is 0 Å². The number of benzene rings is 9. The van der Waals surface area contributed by atoms with Crippen LogP contribution in [-0.4, -0.2) is 9.55 Å². The number of nitrogens with zero attached hydrogens (tertiary/aromatic N) is 2. The maximum atomic E-state index is 5.00. The molecule has 2 nitrogen and oxygen atoms in total. The lowest BCUT2D eigenvalue weighted by Gasteiger charge is -2.33. The van der Waals surface area contributed by atoms with Gasteiger partial charge in [-0.2, -0.15) is 0 Å². The molecule has 0 atom stereocenters. The van der Waals surface area contributed by atoms with Gasteiger partial charge < -0.3 is 4.57 Å². The summed E-state index contributed by atoms with van der Waals surface area (Å²) in [6.07, 6.45) is 0. The lowest BCUT2D eigenvalue weighted by molar-refractivity contribution is 0.809. The van der Waals surface area contributed by atoms with Crippen molar-refractivity contribution >= 4 is 43.4 Å². The maximum absolute atomic E-state index is 5.00. The first-order valence-corrected chi connectivity index (χ1v) is 18.5. The Morgan fingerprint density at radius 1 is 0.415 bits per heavy atom. The minimum absolute atomic E-state index is 0.482. The molecule has 1 heterocycles. The minimum Gasteiger partial charge on any atom is -0.327 e. The molecule has 2 aliphatic rings. The number of aromatic nitrogens is 2. The second-order valence-corrected chi connectivity index (χ2v) is 14.6. The average Bonchev–Trinajstić information content (AvgIpc) is 3.84. The van der Waals surface area contributed by atoms with Gasteiger partial charge in [-0.25, -0.2) is 4.98 Å². The van der Waals surface area contributed by atoms with Gasteiger partial charge in [-0.1, -0.05) is 158 Å². The fraction of sp³-hybridized carbons (Fsp3) is 0.0392. The number of hydrogen-bond acceptors (Lipinski definition) is 1. The van der Waals surface area contributed by atoms with Crippen LogP contribution in [-0.2, 0) is 12.5 Å². The molecule has 0 N–H and O–H groups in total. The predicted molar refractivity (Wildman–Crippen MR) is 220 cm³/mol. The summed E-state index contributed by atoms with van der Waals surface area (Å²) in [6.45, 7) is 0. The first kappa shape index (κ1) is 28.9. The van der Waals surface area contributed by atoms with Crippen molar-refractivity contribution in [3.8, 4) is 44.8 Å². The Morgan fingerprint density at radius 3 is 1.60 bits per heavy atom. The average molecular weight is 673 g/mol. The van der Waals surface area contributed by atoms with E-state index in [1.807, 2.05) is 0 Å². The van der Waals surface area contributed by atoms with Gasteiger partial charge in [0, 0.05) is 12.6 Å². The molecule has 0 saturated heterocycles. The molecule has 0 fully saturated rings. The summed E-state index contributed by atoms with van der Waals surface area (Å²) in [5.41, 5.74) is 16.1. The van der Waals surface area contributed by atoms with Gasteiger partial charge in [-0.05, 0) is 106 Å². The van der Waals surface area contributed by atoms with Crippen LogP contribution in [0.15, 0.2) is 176 Å². The fourth-order valence-electron chi connectivity index (χ4n) is 10.1. The Bertz CT molecular complexity index is 3130. The highest BCUT2D eigenvalue weighted by Crippen LogP contribution is 2.67. The molecule has 0 bridgehead atoms. The Kier molecular flexibility index (Phi) is 5.67. The molecule has 0 saturated carbocycles. The normalized spacial score (nSPS) is 13.5. The molecule has 246 valence electrons. The summed E-state index contributed by atoms with van der Waals surface area (Å²) in [4.78, 5) is 5.00. The number of aryl methyl sites for hydroxylation is 1. The molecule has 2 aliphatic carbocycles. The second-order valence-electron chi connectivity index (χ2n) is 14.6. The van der Waals surface area contributed by atoms with Gasteiger partial charge in [0.25, 0.3) is 0 Å². The Balaban J connectivity index is 1.22. The molecule has 12 rings (SSSR count). The third kappa shape index (κ3) is 3.60. The Morgan fingerprint density at radius 2 is 0.925 bits per heavy atom. The zero-order chi connectivity index (χ0) is 34.8. The third-order valence-corrected chi connectivity index (χ3v) is 12.2. The molecule has 1 spiro atoms. The van der Waals surface area contributed by atoms with E-state index in [-0.39, 0.29) is 0 Å². The van der Waals surface area contributed by atoms with Crippen LogP contribution in [0.3, 0.4) is 0 Å². The fourth-order valence-corrected chi connectivity index (χ4v) is 10.1. The van der Waals surface area contributed by atoms with Crippen LogP contribution in [0.1, 0.15) is 22.3 Å². The summed E-state index contributed by atoms with van der Waals surface area (Å²) in [6, 6.07) is 65.4. The van der Waals surface area contributed by atoms with E-state index in [9.17, 15) is 0 Å². The van der Waals surface area contributed by atoms with Gasteiger partial charge in [-0.3, -0.25) is 0 Å². The molecule has 1 aromatic heterocycles. The first-order chi connectivity index (χ1) is 26.2. The molecule has 53 heavy (non-hydrogen) atoms. The lowest BCUT2D eigenvalue weighted by Crippen LogP contribution is -2.26. The topological polar surface area (TPSA) is 17.8 Å². The quantitative estimate of drug-likeness (QED) is 0.167. The van der Waals surface area contributed by atoms with Crippen LogP contribution in [0, 0.1) is 0 Å². The van der Waals surface area contributed by atoms with Crippen molar-refractivity contribution in [1.29, 1.82) is 0 Å². The molecule has 2 heteroatoms.